The molecule has 0 saturated carbocycles. The summed E-state index contributed by atoms with van der Waals surface area (Å²) in [5.74, 6) is 0. The predicted molar refractivity (Wildman–Crippen MR) is 208 cm³/mol. The fraction of sp³-hybridized carbons (Fsp3) is 0. The van der Waals surface area contributed by atoms with Gasteiger partial charge in [-0.15, -0.1) is 0 Å². The van der Waals surface area contributed by atoms with Gasteiger partial charge < -0.3 is 0 Å². The van der Waals surface area contributed by atoms with Crippen molar-refractivity contribution in [2.45, 2.75) is 0 Å². The van der Waals surface area contributed by atoms with Gasteiger partial charge in [0, 0.05) is 0 Å². The zero-order valence-electron chi connectivity index (χ0n) is 26.3. The van der Waals surface area contributed by atoms with E-state index in [-0.39, 0.29) is 0 Å². The topological polar surface area (TPSA) is 0 Å². The lowest BCUT2D eigenvalue weighted by Crippen LogP contribution is -1.91. The van der Waals surface area contributed by atoms with Gasteiger partial charge in [0.15, 0.2) is 0 Å². The monoisotopic (exact) mass is 606 g/mol. The van der Waals surface area contributed by atoms with Gasteiger partial charge in [-0.25, -0.2) is 0 Å². The molecule has 0 amide bonds. The highest BCUT2D eigenvalue weighted by atomic mass is 14.2. The molecule has 0 aromatic heterocycles. The third kappa shape index (κ3) is 4.16. The van der Waals surface area contributed by atoms with Crippen LogP contribution in [0.2, 0.25) is 0 Å². The second-order valence-corrected chi connectivity index (χ2v) is 12.9. The Kier molecular flexibility index (Phi) is 5.98. The average molecular weight is 607 g/mol. The van der Waals surface area contributed by atoms with E-state index in [1.165, 1.54) is 98.0 Å². The van der Waals surface area contributed by atoms with Gasteiger partial charge in [0.1, 0.15) is 0 Å². The number of hydrogen-bond acceptors (Lipinski definition) is 0. The maximum atomic E-state index is 2.42. The van der Waals surface area contributed by atoms with Crippen LogP contribution in [0.25, 0.3) is 98.0 Å². The SMILES string of the molecule is c1ccc2cc(-c3c4ccccc4c(-c4ccc5cc(-c6ccc7ccccc7c6)c6ccccc6c5c4)c4ccccc34)ccc2c1. The summed E-state index contributed by atoms with van der Waals surface area (Å²) in [6, 6.07) is 67.2. The molecular formula is C48H30. The van der Waals surface area contributed by atoms with Crippen molar-refractivity contribution in [1.29, 1.82) is 0 Å². The molecule has 0 heteroatoms. The van der Waals surface area contributed by atoms with Crippen molar-refractivity contribution >= 4 is 64.6 Å². The third-order valence-corrected chi connectivity index (χ3v) is 10.2. The summed E-state index contributed by atoms with van der Waals surface area (Å²) < 4.78 is 0. The van der Waals surface area contributed by atoms with Gasteiger partial charge in [-0.05, 0) is 122 Å². The Morgan fingerprint density at radius 2 is 0.604 bits per heavy atom. The van der Waals surface area contributed by atoms with Crippen LogP contribution in [0.5, 0.6) is 0 Å². The van der Waals surface area contributed by atoms with Crippen LogP contribution < -0.4 is 0 Å². The molecular weight excluding hydrogens is 577 g/mol. The summed E-state index contributed by atoms with van der Waals surface area (Å²) in [6.07, 6.45) is 0. The number of fused-ring (bicyclic) bond motifs is 7. The van der Waals surface area contributed by atoms with Gasteiger partial charge in [0.2, 0.25) is 0 Å². The molecule has 0 atom stereocenters. The van der Waals surface area contributed by atoms with Gasteiger partial charge in [0.05, 0.1) is 0 Å². The summed E-state index contributed by atoms with van der Waals surface area (Å²) in [6.45, 7) is 0. The molecule has 0 bridgehead atoms. The van der Waals surface area contributed by atoms with Crippen molar-refractivity contribution in [3.8, 4) is 33.4 Å². The minimum absolute atomic E-state index is 1.24. The molecule has 0 spiro atoms. The standard InChI is InChI=1S/C48H30/c1-3-13-33-27-35(23-21-31(33)11-1)45-29-36-24-26-38(30-46(36)40-16-6-5-15-39(40)45)48-43-19-9-7-17-41(43)47(42-18-8-10-20-44(42)48)37-25-22-32-12-2-4-14-34(32)28-37/h1-30H. The van der Waals surface area contributed by atoms with Crippen LogP contribution in [-0.2, 0) is 0 Å². The molecule has 222 valence electrons. The van der Waals surface area contributed by atoms with Crippen LogP contribution in [0, 0.1) is 0 Å². The summed E-state index contributed by atoms with van der Waals surface area (Å²) in [5.41, 5.74) is 7.59. The van der Waals surface area contributed by atoms with Crippen molar-refractivity contribution in [2.75, 3.05) is 0 Å². The molecule has 0 heterocycles. The molecule has 0 fully saturated rings. The minimum atomic E-state index is 1.24. The Hall–Kier alpha value is -6.24. The quantitative estimate of drug-likeness (QED) is 0.139. The molecule has 0 nitrogen and oxygen atoms in total. The highest BCUT2D eigenvalue weighted by molar-refractivity contribution is 6.23. The van der Waals surface area contributed by atoms with Gasteiger partial charge in [-0.1, -0.05) is 158 Å². The number of rotatable bonds is 3. The highest BCUT2D eigenvalue weighted by Gasteiger charge is 2.18. The van der Waals surface area contributed by atoms with E-state index in [4.69, 9.17) is 0 Å². The van der Waals surface area contributed by atoms with Gasteiger partial charge >= 0.3 is 0 Å². The third-order valence-electron chi connectivity index (χ3n) is 10.2. The molecule has 10 rings (SSSR count). The van der Waals surface area contributed by atoms with Crippen LogP contribution in [0.15, 0.2) is 182 Å². The van der Waals surface area contributed by atoms with Crippen LogP contribution >= 0.6 is 0 Å². The number of hydrogen-bond donors (Lipinski definition) is 0. The zero-order chi connectivity index (χ0) is 31.6. The molecule has 0 aliphatic rings. The lowest BCUT2D eigenvalue weighted by Gasteiger charge is -2.19. The van der Waals surface area contributed by atoms with E-state index in [1.54, 1.807) is 0 Å². The largest absolute Gasteiger partial charge is 0.0616 e. The molecule has 0 saturated heterocycles. The van der Waals surface area contributed by atoms with E-state index < -0.39 is 0 Å². The molecule has 0 N–H and O–H groups in total. The van der Waals surface area contributed by atoms with E-state index in [0.29, 0.717) is 0 Å². The maximum absolute atomic E-state index is 2.42. The molecule has 10 aromatic rings. The first kappa shape index (κ1) is 26.9. The Balaban J connectivity index is 1.23. The first-order chi connectivity index (χ1) is 23.8. The highest BCUT2D eigenvalue weighted by Crippen LogP contribution is 2.45. The summed E-state index contributed by atoms with van der Waals surface area (Å²) in [5, 5.41) is 15.2. The second kappa shape index (κ2) is 10.7. The summed E-state index contributed by atoms with van der Waals surface area (Å²) >= 11 is 0. The van der Waals surface area contributed by atoms with E-state index >= 15 is 0 Å². The predicted octanol–water partition coefficient (Wildman–Crippen LogP) is 13.6. The Morgan fingerprint density at radius 1 is 0.208 bits per heavy atom. The van der Waals surface area contributed by atoms with E-state index in [2.05, 4.69) is 182 Å². The average Bonchev–Trinajstić information content (AvgIpc) is 3.16. The smallest absolute Gasteiger partial charge is 0.00261 e. The second-order valence-electron chi connectivity index (χ2n) is 12.9. The molecule has 48 heavy (non-hydrogen) atoms. The van der Waals surface area contributed by atoms with Crippen molar-refractivity contribution in [3.63, 3.8) is 0 Å². The Morgan fingerprint density at radius 3 is 1.17 bits per heavy atom. The van der Waals surface area contributed by atoms with Crippen molar-refractivity contribution < 1.29 is 0 Å². The fourth-order valence-corrected chi connectivity index (χ4v) is 7.95. The molecule has 0 aliphatic carbocycles. The molecule has 0 aliphatic heterocycles. The lowest BCUT2D eigenvalue weighted by atomic mass is 9.84. The minimum Gasteiger partial charge on any atom is -0.0616 e. The van der Waals surface area contributed by atoms with Gasteiger partial charge in [-0.3, -0.25) is 0 Å². The van der Waals surface area contributed by atoms with Gasteiger partial charge in [-0.2, -0.15) is 0 Å². The Labute approximate surface area is 279 Å². The van der Waals surface area contributed by atoms with Crippen LogP contribution in [0.4, 0.5) is 0 Å². The normalized spacial score (nSPS) is 11.8. The zero-order valence-corrected chi connectivity index (χ0v) is 26.3. The van der Waals surface area contributed by atoms with Crippen molar-refractivity contribution in [3.05, 3.63) is 182 Å². The van der Waals surface area contributed by atoms with Crippen molar-refractivity contribution in [2.24, 2.45) is 0 Å². The van der Waals surface area contributed by atoms with E-state index in [0.717, 1.165) is 0 Å². The first-order valence-electron chi connectivity index (χ1n) is 16.7. The summed E-state index contributed by atoms with van der Waals surface area (Å²) in [4.78, 5) is 0. The summed E-state index contributed by atoms with van der Waals surface area (Å²) in [7, 11) is 0. The molecule has 0 unspecified atom stereocenters. The molecule has 10 aromatic carbocycles. The number of benzene rings is 10. The first-order valence-corrected chi connectivity index (χ1v) is 16.7. The van der Waals surface area contributed by atoms with Crippen LogP contribution in [0.3, 0.4) is 0 Å². The van der Waals surface area contributed by atoms with Crippen LogP contribution in [-0.4, -0.2) is 0 Å². The van der Waals surface area contributed by atoms with Crippen LogP contribution in [0.1, 0.15) is 0 Å². The van der Waals surface area contributed by atoms with Gasteiger partial charge in [0.25, 0.3) is 0 Å². The fourth-order valence-electron chi connectivity index (χ4n) is 7.95. The maximum Gasteiger partial charge on any atom is -0.00261 e. The molecule has 0 radical (unpaired) electrons. The van der Waals surface area contributed by atoms with E-state index in [9.17, 15) is 0 Å². The lowest BCUT2D eigenvalue weighted by molar-refractivity contribution is 1.67. The van der Waals surface area contributed by atoms with Crippen molar-refractivity contribution in [1.82, 2.24) is 0 Å². The van der Waals surface area contributed by atoms with E-state index in [1.807, 2.05) is 0 Å². The Bertz CT molecular complexity index is 2830.